The minimum atomic E-state index is -0.493. The van der Waals surface area contributed by atoms with E-state index in [1.165, 1.54) is 0 Å². The van der Waals surface area contributed by atoms with E-state index in [9.17, 15) is 9.59 Å². The molecule has 0 bridgehead atoms. The molecule has 148 valence electrons. The van der Waals surface area contributed by atoms with Gasteiger partial charge in [-0.2, -0.15) is 0 Å². The molecule has 7 heteroatoms. The minimum absolute atomic E-state index is 0.00559. The van der Waals surface area contributed by atoms with E-state index in [0.29, 0.717) is 32.7 Å². The molecule has 2 aliphatic heterocycles. The maximum Gasteiger partial charge on any atom is 0.228 e. The number of amides is 2. The van der Waals surface area contributed by atoms with E-state index in [1.54, 1.807) is 12.0 Å². The number of benzene rings is 1. The molecule has 1 unspecified atom stereocenters. The highest BCUT2D eigenvalue weighted by Crippen LogP contribution is 2.30. The third kappa shape index (κ3) is 4.99. The fourth-order valence-electron chi connectivity index (χ4n) is 3.83. The average molecular weight is 375 g/mol. The summed E-state index contributed by atoms with van der Waals surface area (Å²) in [6.45, 7) is 3.52. The van der Waals surface area contributed by atoms with Crippen LogP contribution in [0.2, 0.25) is 0 Å². The molecular formula is C20H29N3O4. The molecule has 3 rings (SSSR count). The topological polar surface area (TPSA) is 79.9 Å². The van der Waals surface area contributed by atoms with Crippen molar-refractivity contribution in [3.05, 3.63) is 30.3 Å². The zero-order valence-electron chi connectivity index (χ0n) is 15.9. The lowest BCUT2D eigenvalue weighted by atomic mass is 9.78. The number of ether oxygens (including phenoxy) is 2. The van der Waals surface area contributed by atoms with E-state index in [2.05, 4.69) is 10.6 Å². The summed E-state index contributed by atoms with van der Waals surface area (Å²) in [6.07, 6.45) is 1.85. The molecule has 2 N–H and O–H groups in total. The third-order valence-electron chi connectivity index (χ3n) is 5.39. The van der Waals surface area contributed by atoms with Crippen LogP contribution in [0.3, 0.4) is 0 Å². The van der Waals surface area contributed by atoms with Gasteiger partial charge in [-0.15, -0.1) is 0 Å². The fourth-order valence-corrected chi connectivity index (χ4v) is 3.83. The molecular weight excluding hydrogens is 346 g/mol. The number of carbonyl (C=O) groups excluding carboxylic acids is 2. The van der Waals surface area contributed by atoms with Crippen LogP contribution in [-0.4, -0.2) is 69.3 Å². The molecule has 0 saturated carbocycles. The first-order chi connectivity index (χ1) is 13.1. The molecule has 2 aliphatic rings. The number of piperidine rings is 1. The first-order valence-corrected chi connectivity index (χ1v) is 9.59. The molecule has 1 aromatic rings. The average Bonchev–Trinajstić information content (AvgIpc) is 3.03. The first-order valence-electron chi connectivity index (χ1n) is 9.59. The van der Waals surface area contributed by atoms with Crippen molar-refractivity contribution in [2.45, 2.75) is 25.3 Å². The molecule has 0 radical (unpaired) electrons. The number of methoxy groups -OCH3 is 1. The van der Waals surface area contributed by atoms with Crippen LogP contribution in [0, 0.1) is 5.41 Å². The van der Waals surface area contributed by atoms with Crippen molar-refractivity contribution in [1.29, 1.82) is 0 Å². The monoisotopic (exact) mass is 375 g/mol. The van der Waals surface area contributed by atoms with Crippen molar-refractivity contribution in [2.75, 3.05) is 46.5 Å². The third-order valence-corrected chi connectivity index (χ3v) is 5.39. The van der Waals surface area contributed by atoms with Crippen molar-refractivity contribution < 1.29 is 19.1 Å². The van der Waals surface area contributed by atoms with Gasteiger partial charge >= 0.3 is 0 Å². The van der Waals surface area contributed by atoms with E-state index in [1.807, 2.05) is 30.3 Å². The smallest absolute Gasteiger partial charge is 0.228 e. The van der Waals surface area contributed by atoms with Gasteiger partial charge in [-0.1, -0.05) is 18.2 Å². The normalized spacial score (nSPS) is 21.9. The predicted octanol–water partition coefficient (Wildman–Crippen LogP) is 0.799. The van der Waals surface area contributed by atoms with Crippen LogP contribution in [0.25, 0.3) is 0 Å². The minimum Gasteiger partial charge on any atom is -0.492 e. The molecule has 2 fully saturated rings. The highest BCUT2D eigenvalue weighted by atomic mass is 16.5. The van der Waals surface area contributed by atoms with E-state index in [-0.39, 0.29) is 17.9 Å². The van der Waals surface area contributed by atoms with Gasteiger partial charge in [0, 0.05) is 20.1 Å². The Morgan fingerprint density at radius 2 is 2.04 bits per heavy atom. The van der Waals surface area contributed by atoms with Crippen LogP contribution in [0.4, 0.5) is 0 Å². The van der Waals surface area contributed by atoms with Gasteiger partial charge in [-0.3, -0.25) is 9.59 Å². The molecule has 1 atom stereocenters. The van der Waals surface area contributed by atoms with Gasteiger partial charge in [-0.05, 0) is 38.1 Å². The van der Waals surface area contributed by atoms with Crippen molar-refractivity contribution in [2.24, 2.45) is 5.41 Å². The zero-order valence-corrected chi connectivity index (χ0v) is 15.9. The Morgan fingerprint density at radius 3 is 2.74 bits per heavy atom. The zero-order chi connectivity index (χ0) is 19.1. The number of para-hydroxylation sites is 1. The van der Waals surface area contributed by atoms with Crippen LogP contribution < -0.4 is 15.4 Å². The van der Waals surface area contributed by atoms with Gasteiger partial charge in [0.15, 0.2) is 0 Å². The number of carbonyl (C=O) groups is 2. The van der Waals surface area contributed by atoms with Crippen LogP contribution in [0.15, 0.2) is 30.3 Å². The molecule has 2 amide bonds. The van der Waals surface area contributed by atoms with Crippen molar-refractivity contribution >= 4 is 11.8 Å². The Morgan fingerprint density at radius 1 is 1.30 bits per heavy atom. The number of likely N-dealkylation sites (tertiary alicyclic amines) is 1. The number of hydrogen-bond donors (Lipinski definition) is 2. The van der Waals surface area contributed by atoms with E-state index in [4.69, 9.17) is 9.47 Å². The molecule has 1 aromatic carbocycles. The summed E-state index contributed by atoms with van der Waals surface area (Å²) < 4.78 is 11.0. The van der Waals surface area contributed by atoms with Gasteiger partial charge in [0.05, 0.1) is 24.6 Å². The van der Waals surface area contributed by atoms with Gasteiger partial charge in [0.1, 0.15) is 12.4 Å². The second kappa shape index (κ2) is 9.19. The standard InChI is InChI=1S/C20H29N3O4/c1-26-15-20(7-9-21-10-8-20)19(25)22-16-13-18(24)23(14-16)11-12-27-17-5-3-2-4-6-17/h2-6,16,21H,7-15H2,1H3,(H,22,25). The first kappa shape index (κ1) is 19.6. The van der Waals surface area contributed by atoms with E-state index >= 15 is 0 Å². The highest BCUT2D eigenvalue weighted by molar-refractivity contribution is 5.85. The molecule has 0 aliphatic carbocycles. The van der Waals surface area contributed by atoms with Crippen molar-refractivity contribution in [3.8, 4) is 5.75 Å². The molecule has 2 saturated heterocycles. The maximum atomic E-state index is 12.9. The summed E-state index contributed by atoms with van der Waals surface area (Å²) in [7, 11) is 1.63. The summed E-state index contributed by atoms with van der Waals surface area (Å²) in [5, 5.41) is 6.38. The predicted molar refractivity (Wildman–Crippen MR) is 101 cm³/mol. The Labute approximate surface area is 160 Å². The fraction of sp³-hybridized carbons (Fsp3) is 0.600. The largest absolute Gasteiger partial charge is 0.492 e. The number of hydrogen-bond acceptors (Lipinski definition) is 5. The van der Waals surface area contributed by atoms with Gasteiger partial charge in [0.25, 0.3) is 0 Å². The molecule has 7 nitrogen and oxygen atoms in total. The Bertz CT molecular complexity index is 626. The summed E-state index contributed by atoms with van der Waals surface area (Å²) in [4.78, 5) is 26.9. The second-order valence-electron chi connectivity index (χ2n) is 7.34. The SMILES string of the molecule is COCC1(C(=O)NC2CC(=O)N(CCOc3ccccc3)C2)CCNCC1. The Hall–Kier alpha value is -2.12. The number of nitrogens with one attached hydrogen (secondary N) is 2. The van der Waals surface area contributed by atoms with Crippen molar-refractivity contribution in [1.82, 2.24) is 15.5 Å². The second-order valence-corrected chi connectivity index (χ2v) is 7.34. The van der Waals surface area contributed by atoms with Gasteiger partial charge in [0.2, 0.25) is 11.8 Å². The van der Waals surface area contributed by atoms with Crippen LogP contribution >= 0.6 is 0 Å². The van der Waals surface area contributed by atoms with Crippen LogP contribution in [0.1, 0.15) is 19.3 Å². The van der Waals surface area contributed by atoms with E-state index in [0.717, 1.165) is 31.7 Å². The molecule has 2 heterocycles. The lowest BCUT2D eigenvalue weighted by Crippen LogP contribution is -2.52. The van der Waals surface area contributed by atoms with Gasteiger partial charge in [-0.25, -0.2) is 0 Å². The van der Waals surface area contributed by atoms with Crippen LogP contribution in [-0.2, 0) is 14.3 Å². The number of rotatable bonds is 8. The molecule has 0 aromatic heterocycles. The molecule has 0 spiro atoms. The highest BCUT2D eigenvalue weighted by Gasteiger charge is 2.41. The Kier molecular flexibility index (Phi) is 6.68. The summed E-state index contributed by atoms with van der Waals surface area (Å²) in [6, 6.07) is 9.40. The van der Waals surface area contributed by atoms with Crippen LogP contribution in [0.5, 0.6) is 5.75 Å². The van der Waals surface area contributed by atoms with E-state index < -0.39 is 5.41 Å². The summed E-state index contributed by atoms with van der Waals surface area (Å²) >= 11 is 0. The lowest BCUT2D eigenvalue weighted by molar-refractivity contribution is -0.136. The summed E-state index contributed by atoms with van der Waals surface area (Å²) in [5.74, 6) is 0.857. The van der Waals surface area contributed by atoms with Crippen molar-refractivity contribution in [3.63, 3.8) is 0 Å². The van der Waals surface area contributed by atoms with Gasteiger partial charge < -0.3 is 25.0 Å². The Balaban J connectivity index is 1.48. The number of nitrogens with zero attached hydrogens (tertiary/aromatic N) is 1. The summed E-state index contributed by atoms with van der Waals surface area (Å²) in [5.41, 5.74) is -0.493. The maximum absolute atomic E-state index is 12.9. The molecule has 27 heavy (non-hydrogen) atoms. The lowest BCUT2D eigenvalue weighted by Gasteiger charge is -2.36. The quantitative estimate of drug-likeness (QED) is 0.703.